The maximum atomic E-state index is 10.6. The van der Waals surface area contributed by atoms with E-state index in [1.54, 1.807) is 12.1 Å². The highest BCUT2D eigenvalue weighted by atomic mass is 79.9. The van der Waals surface area contributed by atoms with Crippen molar-refractivity contribution >= 4 is 28.1 Å². The first-order valence-corrected chi connectivity index (χ1v) is 4.84. The third-order valence-corrected chi connectivity index (χ3v) is 2.02. The molecule has 0 aliphatic heterocycles. The molecule has 0 saturated carbocycles. The summed E-state index contributed by atoms with van der Waals surface area (Å²) in [6.07, 6.45) is 1.29. The van der Waals surface area contributed by atoms with E-state index in [9.17, 15) is 9.90 Å². The molecule has 1 rings (SSSR count). The average Bonchev–Trinajstić information content (AvgIpc) is 2.23. The predicted molar refractivity (Wildman–Crippen MR) is 58.6 cm³/mol. The van der Waals surface area contributed by atoms with Gasteiger partial charge in [0.2, 0.25) is 0 Å². The lowest BCUT2D eigenvalue weighted by Gasteiger charge is -1.99. The number of phenols is 1. The van der Waals surface area contributed by atoms with Gasteiger partial charge in [0, 0.05) is 10.0 Å². The molecule has 0 atom stereocenters. The molecule has 80 valence electrons. The Kier molecular flexibility index (Phi) is 4.26. The van der Waals surface area contributed by atoms with E-state index in [2.05, 4.69) is 26.5 Å². The van der Waals surface area contributed by atoms with E-state index in [-0.39, 0.29) is 5.75 Å². The van der Waals surface area contributed by atoms with Gasteiger partial charge in [-0.25, -0.2) is 5.43 Å². The number of aromatic hydroxyl groups is 1. The van der Waals surface area contributed by atoms with Gasteiger partial charge in [-0.3, -0.25) is 4.79 Å². The first-order valence-electron chi connectivity index (χ1n) is 4.05. The van der Waals surface area contributed by atoms with Crippen molar-refractivity contribution < 1.29 is 15.0 Å². The summed E-state index contributed by atoms with van der Waals surface area (Å²) in [4.78, 5) is 10.6. The predicted octanol–water partition coefficient (Wildman–Crippen LogP) is 0.597. The first kappa shape index (κ1) is 11.7. The van der Waals surface area contributed by atoms with Crippen molar-refractivity contribution in [1.29, 1.82) is 0 Å². The summed E-state index contributed by atoms with van der Waals surface area (Å²) >= 11 is 3.23. The number of amides is 1. The number of hydrazone groups is 1. The lowest BCUT2D eigenvalue weighted by molar-refractivity contribution is -0.123. The highest BCUT2D eigenvalue weighted by molar-refractivity contribution is 9.10. The number of benzene rings is 1. The Morgan fingerprint density at radius 2 is 2.33 bits per heavy atom. The van der Waals surface area contributed by atoms with Crippen LogP contribution < -0.4 is 5.43 Å². The summed E-state index contributed by atoms with van der Waals surface area (Å²) in [5.41, 5.74) is 2.54. The summed E-state index contributed by atoms with van der Waals surface area (Å²) in [7, 11) is 0. The van der Waals surface area contributed by atoms with Crippen LogP contribution in [0.25, 0.3) is 0 Å². The Bertz CT molecular complexity index is 393. The SMILES string of the molecule is O=C(CO)N/N=C/c1cc(Br)ccc1O. The van der Waals surface area contributed by atoms with Crippen LogP contribution in [0.1, 0.15) is 5.56 Å². The molecule has 15 heavy (non-hydrogen) atoms. The molecule has 1 amide bonds. The third kappa shape index (κ3) is 3.69. The minimum absolute atomic E-state index is 0.0557. The molecule has 0 heterocycles. The van der Waals surface area contributed by atoms with Crippen LogP contribution in [0.2, 0.25) is 0 Å². The van der Waals surface area contributed by atoms with E-state index >= 15 is 0 Å². The van der Waals surface area contributed by atoms with Crippen LogP contribution in [0.5, 0.6) is 5.75 Å². The molecule has 0 aliphatic carbocycles. The van der Waals surface area contributed by atoms with Crippen molar-refractivity contribution in [3.63, 3.8) is 0 Å². The second-order valence-electron chi connectivity index (χ2n) is 2.65. The molecule has 0 aromatic heterocycles. The topological polar surface area (TPSA) is 81.9 Å². The van der Waals surface area contributed by atoms with Crippen LogP contribution in [0.4, 0.5) is 0 Å². The number of hydrogen-bond donors (Lipinski definition) is 3. The van der Waals surface area contributed by atoms with Gasteiger partial charge in [-0.2, -0.15) is 5.10 Å². The monoisotopic (exact) mass is 272 g/mol. The summed E-state index contributed by atoms with van der Waals surface area (Å²) < 4.78 is 0.787. The smallest absolute Gasteiger partial charge is 0.265 e. The maximum absolute atomic E-state index is 10.6. The van der Waals surface area contributed by atoms with Crippen LogP contribution >= 0.6 is 15.9 Å². The largest absolute Gasteiger partial charge is 0.507 e. The Morgan fingerprint density at radius 3 is 3.00 bits per heavy atom. The Morgan fingerprint density at radius 1 is 1.60 bits per heavy atom. The maximum Gasteiger partial charge on any atom is 0.265 e. The number of phenolic OH excluding ortho intramolecular Hbond substituents is 1. The fourth-order valence-corrected chi connectivity index (χ4v) is 1.22. The van der Waals surface area contributed by atoms with E-state index in [1.807, 2.05) is 0 Å². The fourth-order valence-electron chi connectivity index (χ4n) is 0.838. The molecule has 5 nitrogen and oxygen atoms in total. The lowest BCUT2D eigenvalue weighted by Crippen LogP contribution is -2.20. The zero-order valence-corrected chi connectivity index (χ0v) is 9.23. The van der Waals surface area contributed by atoms with Crippen LogP contribution in [0, 0.1) is 0 Å². The number of hydrogen-bond acceptors (Lipinski definition) is 4. The van der Waals surface area contributed by atoms with Gasteiger partial charge < -0.3 is 10.2 Å². The van der Waals surface area contributed by atoms with Crippen LogP contribution in [-0.4, -0.2) is 28.9 Å². The Balaban J connectivity index is 2.71. The number of aliphatic hydroxyl groups excluding tert-OH is 1. The number of halogens is 1. The average molecular weight is 273 g/mol. The molecule has 0 saturated heterocycles. The minimum Gasteiger partial charge on any atom is -0.507 e. The second-order valence-corrected chi connectivity index (χ2v) is 3.57. The van der Waals surface area contributed by atoms with Gasteiger partial charge >= 0.3 is 0 Å². The summed E-state index contributed by atoms with van der Waals surface area (Å²) in [5, 5.41) is 21.3. The van der Waals surface area contributed by atoms with Gasteiger partial charge in [0.15, 0.2) is 0 Å². The molecule has 1 aromatic rings. The third-order valence-electron chi connectivity index (χ3n) is 1.53. The van der Waals surface area contributed by atoms with E-state index in [4.69, 9.17) is 5.11 Å². The molecule has 1 aromatic carbocycles. The number of nitrogens with zero attached hydrogens (tertiary/aromatic N) is 1. The van der Waals surface area contributed by atoms with E-state index in [0.717, 1.165) is 4.47 Å². The lowest BCUT2D eigenvalue weighted by atomic mass is 10.2. The fraction of sp³-hybridized carbons (Fsp3) is 0.111. The molecule has 0 aliphatic rings. The number of nitrogens with one attached hydrogen (secondary N) is 1. The summed E-state index contributed by atoms with van der Waals surface area (Å²) in [6, 6.07) is 4.82. The van der Waals surface area contributed by atoms with Crippen molar-refractivity contribution in [2.24, 2.45) is 5.10 Å². The molecule has 0 fully saturated rings. The van der Waals surface area contributed by atoms with Crippen molar-refractivity contribution in [3.8, 4) is 5.75 Å². The van der Waals surface area contributed by atoms with E-state index in [1.165, 1.54) is 12.3 Å². The molecule has 0 bridgehead atoms. The van der Waals surface area contributed by atoms with E-state index in [0.29, 0.717) is 5.56 Å². The zero-order valence-electron chi connectivity index (χ0n) is 7.64. The summed E-state index contributed by atoms with van der Waals surface area (Å²) in [5.74, 6) is -0.555. The molecule has 0 unspecified atom stereocenters. The zero-order chi connectivity index (χ0) is 11.3. The van der Waals surface area contributed by atoms with Crippen LogP contribution in [0.15, 0.2) is 27.8 Å². The van der Waals surface area contributed by atoms with Gasteiger partial charge in [0.1, 0.15) is 12.4 Å². The Hall–Kier alpha value is -1.40. The quantitative estimate of drug-likeness (QED) is 0.557. The van der Waals surface area contributed by atoms with E-state index < -0.39 is 12.5 Å². The molecule has 6 heteroatoms. The van der Waals surface area contributed by atoms with Gasteiger partial charge in [-0.15, -0.1) is 0 Å². The van der Waals surface area contributed by atoms with Gasteiger partial charge in [-0.1, -0.05) is 15.9 Å². The summed E-state index contributed by atoms with van der Waals surface area (Å²) in [6.45, 7) is -0.623. The number of rotatable bonds is 3. The van der Waals surface area contributed by atoms with Crippen molar-refractivity contribution in [2.75, 3.05) is 6.61 Å². The molecular weight excluding hydrogens is 264 g/mol. The molecule has 0 spiro atoms. The highest BCUT2D eigenvalue weighted by Crippen LogP contribution is 2.19. The number of carbonyl (C=O) groups excluding carboxylic acids is 1. The molecule has 3 N–H and O–H groups in total. The molecular formula is C9H9BrN2O3. The van der Waals surface area contributed by atoms with Gasteiger partial charge in [0.05, 0.1) is 6.21 Å². The second kappa shape index (κ2) is 5.47. The molecule has 0 radical (unpaired) electrons. The van der Waals surface area contributed by atoms with Crippen LogP contribution in [-0.2, 0) is 4.79 Å². The van der Waals surface area contributed by atoms with Gasteiger partial charge in [-0.05, 0) is 18.2 Å². The number of aliphatic hydroxyl groups is 1. The standard InChI is InChI=1S/C9H9BrN2O3/c10-7-1-2-8(14)6(3-7)4-11-12-9(15)5-13/h1-4,13-14H,5H2,(H,12,15)/b11-4+. The normalized spacial score (nSPS) is 10.5. The van der Waals surface area contributed by atoms with Crippen molar-refractivity contribution in [2.45, 2.75) is 0 Å². The van der Waals surface area contributed by atoms with Gasteiger partial charge in [0.25, 0.3) is 5.91 Å². The van der Waals surface area contributed by atoms with Crippen molar-refractivity contribution in [3.05, 3.63) is 28.2 Å². The van der Waals surface area contributed by atoms with Crippen LogP contribution in [0.3, 0.4) is 0 Å². The van der Waals surface area contributed by atoms with Crippen molar-refractivity contribution in [1.82, 2.24) is 5.43 Å². The number of carbonyl (C=O) groups is 1. The first-order chi connectivity index (χ1) is 7.13. The Labute approximate surface area is 94.6 Å². The highest BCUT2D eigenvalue weighted by Gasteiger charge is 1.99. The minimum atomic E-state index is -0.623.